The largest absolute Gasteiger partial charge is 0.383 e. The van der Waals surface area contributed by atoms with Crippen LogP contribution in [0, 0.1) is 0 Å². The van der Waals surface area contributed by atoms with Crippen molar-refractivity contribution in [3.63, 3.8) is 0 Å². The van der Waals surface area contributed by atoms with Gasteiger partial charge >= 0.3 is 0 Å². The van der Waals surface area contributed by atoms with E-state index < -0.39 is 0 Å². The van der Waals surface area contributed by atoms with Gasteiger partial charge in [-0.05, 0) is 78.1 Å². The van der Waals surface area contributed by atoms with Gasteiger partial charge in [-0.1, -0.05) is 12.1 Å². The highest BCUT2D eigenvalue weighted by Gasteiger charge is 2.13. The molecule has 1 aliphatic heterocycles. The Morgan fingerprint density at radius 2 is 1.76 bits per heavy atom. The van der Waals surface area contributed by atoms with Gasteiger partial charge in [0.1, 0.15) is 11.6 Å². The molecule has 0 aliphatic carbocycles. The molecule has 3 aromatic heterocycles. The molecule has 1 aromatic carbocycles. The lowest BCUT2D eigenvalue weighted by molar-refractivity contribution is 0.0950. The molecule has 4 heterocycles. The molecule has 1 aliphatic rings. The number of benzene rings is 1. The van der Waals surface area contributed by atoms with Crippen LogP contribution in [-0.2, 0) is 13.0 Å². The van der Waals surface area contributed by atoms with E-state index in [1.54, 1.807) is 12.4 Å². The summed E-state index contributed by atoms with van der Waals surface area (Å²) >= 11 is 0. The first-order valence-electron chi connectivity index (χ1n) is 11.7. The monoisotopic (exact) mass is 452 g/mol. The van der Waals surface area contributed by atoms with Crippen molar-refractivity contribution in [1.82, 2.24) is 20.3 Å². The van der Waals surface area contributed by atoms with E-state index >= 15 is 0 Å². The summed E-state index contributed by atoms with van der Waals surface area (Å²) in [6.07, 6.45) is 11.4. The molecule has 0 unspecified atom stereocenters. The van der Waals surface area contributed by atoms with Gasteiger partial charge in [-0.3, -0.25) is 9.78 Å². The molecule has 0 radical (unpaired) electrons. The molecule has 4 aromatic rings. The topological polar surface area (TPSA) is 97.0 Å². The molecule has 34 heavy (non-hydrogen) atoms. The van der Waals surface area contributed by atoms with Crippen molar-refractivity contribution in [1.29, 1.82) is 0 Å². The lowest BCUT2D eigenvalue weighted by Gasteiger charge is -2.27. The van der Waals surface area contributed by atoms with E-state index in [1.807, 2.05) is 48.8 Å². The Kier molecular flexibility index (Phi) is 6.33. The lowest BCUT2D eigenvalue weighted by atomic mass is 10.1. The van der Waals surface area contributed by atoms with Crippen molar-refractivity contribution in [3.05, 3.63) is 89.5 Å². The molecular formula is C27H28N6O. The molecule has 0 spiro atoms. The molecule has 7 nitrogen and oxygen atoms in total. The first kappa shape index (κ1) is 21.8. The van der Waals surface area contributed by atoms with Gasteiger partial charge in [0.05, 0.1) is 5.56 Å². The van der Waals surface area contributed by atoms with Gasteiger partial charge in [-0.15, -0.1) is 0 Å². The number of hydrogen-bond acceptors (Lipinski definition) is 6. The lowest BCUT2D eigenvalue weighted by Crippen LogP contribution is -2.30. The highest BCUT2D eigenvalue weighted by atomic mass is 16.1. The number of nitrogens with two attached hydrogens (primary N) is 1. The van der Waals surface area contributed by atoms with Crippen LogP contribution in [0.1, 0.15) is 46.3 Å². The molecule has 0 atom stereocenters. The molecule has 0 bridgehead atoms. The number of rotatable bonds is 6. The van der Waals surface area contributed by atoms with Crippen LogP contribution in [-0.4, -0.2) is 33.9 Å². The first-order valence-corrected chi connectivity index (χ1v) is 11.7. The minimum atomic E-state index is -0.146. The SMILES string of the molecule is Nc1nccc2cc(CNC(=O)c3cncc(Cc4ccnc(N5CCCCC5)c4)c3)ccc12. The first-order chi connectivity index (χ1) is 16.7. The van der Waals surface area contributed by atoms with Gasteiger partial charge in [-0.25, -0.2) is 9.97 Å². The van der Waals surface area contributed by atoms with Crippen molar-refractivity contribution in [2.24, 2.45) is 0 Å². The molecule has 172 valence electrons. The quantitative estimate of drug-likeness (QED) is 0.457. The number of nitrogens with one attached hydrogen (secondary N) is 1. The third-order valence-electron chi connectivity index (χ3n) is 6.27. The average molecular weight is 453 g/mol. The van der Waals surface area contributed by atoms with Crippen LogP contribution < -0.4 is 16.0 Å². The van der Waals surface area contributed by atoms with Crippen molar-refractivity contribution in [3.8, 4) is 0 Å². The predicted molar refractivity (Wildman–Crippen MR) is 135 cm³/mol. The van der Waals surface area contributed by atoms with Crippen molar-refractivity contribution < 1.29 is 4.79 Å². The number of nitrogens with zero attached hydrogens (tertiary/aromatic N) is 4. The zero-order valence-corrected chi connectivity index (χ0v) is 19.1. The molecule has 1 fully saturated rings. The number of nitrogen functional groups attached to an aromatic ring is 1. The Balaban J connectivity index is 1.24. The summed E-state index contributed by atoms with van der Waals surface area (Å²) in [4.78, 5) is 28.1. The Morgan fingerprint density at radius 3 is 2.65 bits per heavy atom. The third kappa shape index (κ3) is 4.98. The van der Waals surface area contributed by atoms with Gasteiger partial charge in [0.25, 0.3) is 5.91 Å². The minimum Gasteiger partial charge on any atom is -0.383 e. The number of hydrogen-bond donors (Lipinski definition) is 2. The Hall–Kier alpha value is -4.00. The second kappa shape index (κ2) is 9.87. The van der Waals surface area contributed by atoms with Crippen molar-refractivity contribution >= 4 is 28.3 Å². The van der Waals surface area contributed by atoms with Crippen LogP contribution in [0.4, 0.5) is 11.6 Å². The number of carbonyl (C=O) groups excluding carboxylic acids is 1. The van der Waals surface area contributed by atoms with Gasteiger partial charge < -0.3 is 16.0 Å². The number of piperidine rings is 1. The second-order valence-corrected chi connectivity index (χ2v) is 8.76. The highest BCUT2D eigenvalue weighted by molar-refractivity contribution is 5.94. The smallest absolute Gasteiger partial charge is 0.253 e. The molecule has 5 rings (SSSR count). The van der Waals surface area contributed by atoms with E-state index in [9.17, 15) is 4.79 Å². The van der Waals surface area contributed by atoms with Crippen LogP contribution in [0.2, 0.25) is 0 Å². The summed E-state index contributed by atoms with van der Waals surface area (Å²) in [7, 11) is 0. The van der Waals surface area contributed by atoms with E-state index in [1.165, 1.54) is 24.8 Å². The van der Waals surface area contributed by atoms with Crippen LogP contribution in [0.25, 0.3) is 10.8 Å². The van der Waals surface area contributed by atoms with E-state index in [2.05, 4.69) is 31.2 Å². The van der Waals surface area contributed by atoms with E-state index in [-0.39, 0.29) is 5.91 Å². The molecule has 1 saturated heterocycles. The molecular weight excluding hydrogens is 424 g/mol. The zero-order valence-electron chi connectivity index (χ0n) is 19.1. The Bertz CT molecular complexity index is 1320. The number of fused-ring (bicyclic) bond motifs is 1. The zero-order chi connectivity index (χ0) is 23.3. The summed E-state index contributed by atoms with van der Waals surface area (Å²) < 4.78 is 0. The fourth-order valence-corrected chi connectivity index (χ4v) is 4.46. The molecule has 0 saturated carbocycles. The van der Waals surface area contributed by atoms with Crippen LogP contribution in [0.3, 0.4) is 0 Å². The number of pyridine rings is 3. The minimum absolute atomic E-state index is 0.146. The van der Waals surface area contributed by atoms with Crippen LogP contribution in [0.5, 0.6) is 0 Å². The number of aromatic nitrogens is 3. The maximum absolute atomic E-state index is 12.8. The summed E-state index contributed by atoms with van der Waals surface area (Å²) in [5.74, 6) is 1.40. The Labute approximate surface area is 199 Å². The standard InChI is InChI=1S/C27H28N6O/c28-26-24-5-4-20(13-22(24)7-9-31-26)17-32-27(34)23-14-21(16-29-18-23)12-19-6-8-30-25(15-19)33-10-2-1-3-11-33/h4-9,13-16,18H,1-3,10-12,17H2,(H2,28,31)(H,32,34). The summed E-state index contributed by atoms with van der Waals surface area (Å²) in [6, 6.07) is 13.9. The number of anilines is 2. The summed E-state index contributed by atoms with van der Waals surface area (Å²) in [5.41, 5.74) is 9.64. The van der Waals surface area contributed by atoms with Crippen molar-refractivity contribution in [2.75, 3.05) is 23.7 Å². The van der Waals surface area contributed by atoms with Gasteiger partial charge in [0.15, 0.2) is 0 Å². The van der Waals surface area contributed by atoms with Gasteiger partial charge in [-0.2, -0.15) is 0 Å². The third-order valence-corrected chi connectivity index (χ3v) is 6.27. The van der Waals surface area contributed by atoms with Gasteiger partial charge in [0.2, 0.25) is 0 Å². The Morgan fingerprint density at radius 1 is 0.912 bits per heavy atom. The summed E-state index contributed by atoms with van der Waals surface area (Å²) in [6.45, 7) is 2.55. The van der Waals surface area contributed by atoms with Crippen molar-refractivity contribution in [2.45, 2.75) is 32.2 Å². The molecule has 1 amide bonds. The maximum atomic E-state index is 12.8. The summed E-state index contributed by atoms with van der Waals surface area (Å²) in [5, 5.41) is 4.91. The van der Waals surface area contributed by atoms with E-state index in [0.717, 1.165) is 40.8 Å². The predicted octanol–water partition coefficient (Wildman–Crippen LogP) is 4.12. The fraction of sp³-hybridized carbons (Fsp3) is 0.259. The van der Waals surface area contributed by atoms with E-state index in [4.69, 9.17) is 5.73 Å². The van der Waals surface area contributed by atoms with E-state index in [0.29, 0.717) is 24.3 Å². The molecule has 3 N–H and O–H groups in total. The number of amides is 1. The second-order valence-electron chi connectivity index (χ2n) is 8.76. The fourth-order valence-electron chi connectivity index (χ4n) is 4.46. The normalized spacial score (nSPS) is 13.7. The van der Waals surface area contributed by atoms with Crippen LogP contribution in [0.15, 0.2) is 67.3 Å². The molecule has 7 heteroatoms. The highest BCUT2D eigenvalue weighted by Crippen LogP contribution is 2.21. The maximum Gasteiger partial charge on any atom is 0.253 e. The number of carbonyl (C=O) groups is 1. The van der Waals surface area contributed by atoms with Crippen LogP contribution >= 0.6 is 0 Å². The average Bonchev–Trinajstić information content (AvgIpc) is 2.88. The van der Waals surface area contributed by atoms with Gasteiger partial charge in [0, 0.05) is 49.8 Å².